The minimum absolute atomic E-state index is 0.0598. The van der Waals surface area contributed by atoms with Crippen molar-refractivity contribution in [2.75, 3.05) is 0 Å². The summed E-state index contributed by atoms with van der Waals surface area (Å²) in [7, 11) is 0. The van der Waals surface area contributed by atoms with E-state index < -0.39 is 23.7 Å². The lowest BCUT2D eigenvalue weighted by Crippen LogP contribution is -2.38. The number of fused-ring (bicyclic) bond motifs is 1. The van der Waals surface area contributed by atoms with E-state index in [1.807, 2.05) is 42.5 Å². The van der Waals surface area contributed by atoms with Crippen LogP contribution in [0.5, 0.6) is 5.75 Å². The molecule has 3 atom stereocenters. The van der Waals surface area contributed by atoms with Crippen LogP contribution in [0.2, 0.25) is 0 Å². The third kappa shape index (κ3) is 4.05. The molecule has 3 aromatic rings. The van der Waals surface area contributed by atoms with E-state index in [4.69, 9.17) is 14.5 Å². The third-order valence-corrected chi connectivity index (χ3v) is 8.52. The second-order valence-corrected chi connectivity index (χ2v) is 11.0. The fourth-order valence-electron chi connectivity index (χ4n) is 6.56. The van der Waals surface area contributed by atoms with Crippen molar-refractivity contribution in [3.05, 3.63) is 119 Å². The number of nitrogens with zero attached hydrogens (tertiary/aromatic N) is 3. The van der Waals surface area contributed by atoms with Gasteiger partial charge in [-0.2, -0.15) is 8.78 Å². The highest BCUT2D eigenvalue weighted by molar-refractivity contribution is 6.54. The average molecular weight is 589 g/mol. The molecule has 10 heteroatoms. The van der Waals surface area contributed by atoms with E-state index in [2.05, 4.69) is 27.4 Å². The molecule has 0 saturated heterocycles. The summed E-state index contributed by atoms with van der Waals surface area (Å²) >= 11 is 0. The summed E-state index contributed by atoms with van der Waals surface area (Å²) in [6.07, 6.45) is 12.8. The molecule has 2 aromatic carbocycles. The molecule has 3 aliphatic carbocycles. The summed E-state index contributed by atoms with van der Waals surface area (Å²) in [6, 6.07) is 15.9. The fourth-order valence-corrected chi connectivity index (χ4v) is 6.56. The van der Waals surface area contributed by atoms with Crippen molar-refractivity contribution in [1.82, 2.24) is 10.5 Å². The highest BCUT2D eigenvalue weighted by Crippen LogP contribution is 2.51. The molecule has 8 rings (SSSR count). The van der Waals surface area contributed by atoms with Gasteiger partial charge in [0, 0.05) is 29.5 Å². The number of nitrogens with one attached hydrogen (secondary N) is 1. The van der Waals surface area contributed by atoms with Gasteiger partial charge < -0.3 is 14.6 Å². The van der Waals surface area contributed by atoms with Crippen LogP contribution in [0.1, 0.15) is 29.2 Å². The summed E-state index contributed by atoms with van der Waals surface area (Å²) in [5.74, 6) is -0.346. The molecule has 216 valence electrons. The Morgan fingerprint density at radius 2 is 1.84 bits per heavy atom. The number of carbonyl (C=O) groups is 2. The summed E-state index contributed by atoms with van der Waals surface area (Å²) in [6.45, 7) is -2.90. The molecule has 44 heavy (non-hydrogen) atoms. The van der Waals surface area contributed by atoms with Crippen LogP contribution in [-0.2, 0) is 9.59 Å². The van der Waals surface area contributed by atoms with Gasteiger partial charge in [-0.15, -0.1) is 0 Å². The van der Waals surface area contributed by atoms with Gasteiger partial charge >= 0.3 is 6.61 Å². The Morgan fingerprint density at radius 3 is 2.68 bits per heavy atom. The molecule has 1 aromatic heterocycles. The summed E-state index contributed by atoms with van der Waals surface area (Å²) in [5.41, 5.74) is 5.33. The molecule has 2 aliphatic heterocycles. The highest BCUT2D eigenvalue weighted by atomic mass is 19.3. The number of rotatable bonds is 6. The number of Topliss-reactive ketones (excluding diaryl/α,β-unsaturated/α-hetero) is 1. The van der Waals surface area contributed by atoms with Gasteiger partial charge in [0.15, 0.2) is 5.76 Å². The van der Waals surface area contributed by atoms with Crippen molar-refractivity contribution in [1.29, 1.82) is 0 Å². The van der Waals surface area contributed by atoms with Crippen molar-refractivity contribution >= 4 is 34.8 Å². The third-order valence-electron chi connectivity index (χ3n) is 8.52. The maximum atomic E-state index is 12.7. The Balaban J connectivity index is 1.14. The highest BCUT2D eigenvalue weighted by Gasteiger charge is 2.53. The number of amidine groups is 1. The number of alkyl halides is 2. The van der Waals surface area contributed by atoms with E-state index >= 15 is 0 Å². The van der Waals surface area contributed by atoms with Crippen molar-refractivity contribution in [3.63, 3.8) is 0 Å². The standard InChI is InChI=1S/C34H22F2N4O4/c35-33(36)43-20-13-11-18(12-14-20)24-16-27(44-40-24)23-15-19-5-1-2-6-21(19)30(23)25-17-34-28(37-25)9-4-10-29(34)38-32(39-34)22-7-3-8-26(41)31(22)42/h1-16,25,30,33H,17H2,(H,38,39). The first-order valence-electron chi connectivity index (χ1n) is 14.0. The van der Waals surface area contributed by atoms with Gasteiger partial charge in [-0.25, -0.2) is 4.99 Å². The lowest BCUT2D eigenvalue weighted by atomic mass is 9.79. The number of ether oxygens (including phenoxy) is 1. The molecular formula is C34H22F2N4O4. The fraction of sp³-hybridized carbons (Fsp3) is 0.147. The zero-order chi connectivity index (χ0) is 30.0. The molecule has 5 aliphatic rings. The predicted octanol–water partition coefficient (Wildman–Crippen LogP) is 5.62. The molecule has 0 amide bonds. The van der Waals surface area contributed by atoms with E-state index in [9.17, 15) is 18.4 Å². The van der Waals surface area contributed by atoms with Crippen molar-refractivity contribution in [3.8, 4) is 17.0 Å². The summed E-state index contributed by atoms with van der Waals surface area (Å²) in [4.78, 5) is 35.0. The maximum absolute atomic E-state index is 12.7. The molecule has 1 spiro atoms. The lowest BCUT2D eigenvalue weighted by Gasteiger charge is -2.27. The molecule has 0 radical (unpaired) electrons. The van der Waals surface area contributed by atoms with Gasteiger partial charge in [0.1, 0.15) is 22.8 Å². The largest absolute Gasteiger partial charge is 0.435 e. The number of halogens is 2. The van der Waals surface area contributed by atoms with Crippen LogP contribution in [0.4, 0.5) is 8.78 Å². The van der Waals surface area contributed by atoms with Crippen molar-refractivity contribution in [2.45, 2.75) is 30.5 Å². The lowest BCUT2D eigenvalue weighted by molar-refractivity contribution is -0.131. The van der Waals surface area contributed by atoms with Crippen molar-refractivity contribution < 1.29 is 27.6 Å². The number of aromatic nitrogens is 1. The second kappa shape index (κ2) is 9.77. The Bertz CT molecular complexity index is 1980. The zero-order valence-corrected chi connectivity index (χ0v) is 22.9. The Kier molecular flexibility index (Phi) is 5.80. The minimum Gasteiger partial charge on any atom is -0.435 e. The number of hydrogen-bond donors (Lipinski definition) is 1. The Labute approximate surface area is 249 Å². The summed E-state index contributed by atoms with van der Waals surface area (Å²) < 4.78 is 35.5. The normalized spacial score (nSPS) is 24.7. The number of carbonyl (C=O) groups excluding carboxylic acids is 2. The van der Waals surface area contributed by atoms with E-state index in [1.165, 1.54) is 18.2 Å². The molecule has 3 heterocycles. The van der Waals surface area contributed by atoms with Crippen LogP contribution in [0, 0.1) is 0 Å². The number of hydrogen-bond acceptors (Lipinski definition) is 8. The van der Waals surface area contributed by atoms with E-state index in [1.54, 1.807) is 24.3 Å². The van der Waals surface area contributed by atoms with Gasteiger partial charge in [-0.1, -0.05) is 41.6 Å². The topological polar surface area (TPSA) is 106 Å². The summed E-state index contributed by atoms with van der Waals surface area (Å²) in [5, 5.41) is 7.58. The van der Waals surface area contributed by atoms with Gasteiger partial charge in [0.05, 0.1) is 23.0 Å². The van der Waals surface area contributed by atoms with Crippen LogP contribution in [0.15, 0.2) is 117 Å². The van der Waals surface area contributed by atoms with E-state index in [0.29, 0.717) is 29.3 Å². The Morgan fingerprint density at radius 1 is 1.02 bits per heavy atom. The van der Waals surface area contributed by atoms with Crippen LogP contribution >= 0.6 is 0 Å². The van der Waals surface area contributed by atoms with Gasteiger partial charge in [-0.3, -0.25) is 14.6 Å². The van der Waals surface area contributed by atoms with Gasteiger partial charge in [-0.05, 0) is 65.8 Å². The van der Waals surface area contributed by atoms with Gasteiger partial charge in [0.2, 0.25) is 11.6 Å². The first-order valence-corrected chi connectivity index (χ1v) is 14.0. The molecule has 1 N–H and O–H groups in total. The Hall–Kier alpha value is -5.51. The average Bonchev–Trinajstić information content (AvgIpc) is 3.80. The minimum atomic E-state index is -2.90. The quantitative estimate of drug-likeness (QED) is 0.296. The SMILES string of the molecule is O=C1C=CC=C(C2=NC34CC(C5C(c6cc(-c7ccc(OC(F)F)cc7)no6)=Cc6ccccc65)N=C3C=CC=C4N2)C1=O. The molecular weight excluding hydrogens is 566 g/mol. The van der Waals surface area contributed by atoms with Gasteiger partial charge in [0.25, 0.3) is 0 Å². The number of allylic oxidation sites excluding steroid dienone is 5. The van der Waals surface area contributed by atoms with Crippen LogP contribution in [-0.4, -0.2) is 46.5 Å². The molecule has 8 nitrogen and oxygen atoms in total. The zero-order valence-electron chi connectivity index (χ0n) is 22.9. The second-order valence-electron chi connectivity index (χ2n) is 11.0. The predicted molar refractivity (Wildman–Crippen MR) is 159 cm³/mol. The number of aliphatic imine (C=N–C) groups is 2. The monoisotopic (exact) mass is 588 g/mol. The molecule has 0 saturated carbocycles. The molecule has 0 bridgehead atoms. The van der Waals surface area contributed by atoms with E-state index in [-0.39, 0.29) is 23.3 Å². The van der Waals surface area contributed by atoms with Crippen LogP contribution in [0.25, 0.3) is 22.9 Å². The molecule has 3 unspecified atom stereocenters. The van der Waals surface area contributed by atoms with Crippen LogP contribution < -0.4 is 10.1 Å². The number of ketones is 2. The smallest absolute Gasteiger partial charge is 0.387 e. The van der Waals surface area contributed by atoms with Crippen LogP contribution in [0.3, 0.4) is 0 Å². The van der Waals surface area contributed by atoms with Crippen molar-refractivity contribution in [2.24, 2.45) is 9.98 Å². The number of benzene rings is 2. The molecule has 0 fully saturated rings. The van der Waals surface area contributed by atoms with E-state index in [0.717, 1.165) is 28.1 Å². The maximum Gasteiger partial charge on any atom is 0.387 e. The first-order chi connectivity index (χ1) is 21.4. The first kappa shape index (κ1) is 26.1.